The molecule has 10 nitrogen and oxygen atoms in total. The van der Waals surface area contributed by atoms with Gasteiger partial charge >= 0.3 is 0 Å². The number of pyridine rings is 2. The fraction of sp³-hybridized carbons (Fsp3) is 0.211. The molecule has 0 fully saturated rings. The van der Waals surface area contributed by atoms with Crippen molar-refractivity contribution in [1.29, 1.82) is 0 Å². The van der Waals surface area contributed by atoms with Crippen LogP contribution in [0.1, 0.15) is 49.0 Å². The molecule has 5 rings (SSSR count). The van der Waals surface area contributed by atoms with Crippen molar-refractivity contribution in [3.63, 3.8) is 0 Å². The summed E-state index contributed by atoms with van der Waals surface area (Å²) in [5, 5.41) is 6.96. The number of hydrogen-bond acceptors (Lipinski definition) is 8. The first-order chi connectivity index (χ1) is 24.0. The average Bonchev–Trinajstić information content (AvgIpc) is 3.11. The van der Waals surface area contributed by atoms with Crippen LogP contribution in [-0.4, -0.2) is 48.2 Å². The second-order valence-electron chi connectivity index (χ2n) is 12.4. The van der Waals surface area contributed by atoms with Gasteiger partial charge in [0.25, 0.3) is 16.0 Å². The van der Waals surface area contributed by atoms with Crippen LogP contribution in [0.3, 0.4) is 0 Å². The Labute approximate surface area is 291 Å². The Kier molecular flexibility index (Phi) is 11.7. The third-order valence-corrected chi connectivity index (χ3v) is 8.89. The molecule has 3 aromatic carbocycles. The van der Waals surface area contributed by atoms with Crippen LogP contribution in [0.15, 0.2) is 119 Å². The predicted molar refractivity (Wildman–Crippen MR) is 192 cm³/mol. The fourth-order valence-corrected chi connectivity index (χ4v) is 5.97. The topological polar surface area (TPSA) is 143 Å². The van der Waals surface area contributed by atoms with E-state index in [1.165, 1.54) is 36.7 Å². The Morgan fingerprint density at radius 1 is 0.920 bits per heavy atom. The van der Waals surface area contributed by atoms with Gasteiger partial charge < -0.3 is 10.1 Å². The molecular weight excluding hydrogens is 658 g/mol. The maximum Gasteiger partial charge on any atom is 0.295 e. The van der Waals surface area contributed by atoms with Gasteiger partial charge in [-0.05, 0) is 66.1 Å². The summed E-state index contributed by atoms with van der Waals surface area (Å²) in [4.78, 5) is 21.2. The van der Waals surface area contributed by atoms with E-state index in [1.54, 1.807) is 42.6 Å². The number of nitrogens with one attached hydrogen (secondary N) is 2. The van der Waals surface area contributed by atoms with Crippen LogP contribution in [0.4, 0.5) is 10.2 Å². The minimum atomic E-state index is -4.40. The van der Waals surface area contributed by atoms with E-state index in [0.29, 0.717) is 41.5 Å². The van der Waals surface area contributed by atoms with Crippen molar-refractivity contribution in [3.8, 4) is 28.1 Å². The zero-order valence-electron chi connectivity index (χ0n) is 27.7. The molecule has 0 aliphatic carbocycles. The van der Waals surface area contributed by atoms with E-state index in [-0.39, 0.29) is 27.6 Å². The quantitative estimate of drug-likeness (QED) is 0.0439. The number of aromatic nitrogens is 2. The summed E-state index contributed by atoms with van der Waals surface area (Å²) in [6.07, 6.45) is 6.76. The van der Waals surface area contributed by atoms with E-state index in [0.717, 1.165) is 30.4 Å². The van der Waals surface area contributed by atoms with Gasteiger partial charge in [-0.2, -0.15) is 13.5 Å². The Bertz CT molecular complexity index is 2060. The Morgan fingerprint density at radius 2 is 1.66 bits per heavy atom. The zero-order valence-corrected chi connectivity index (χ0v) is 28.5. The summed E-state index contributed by atoms with van der Waals surface area (Å²) in [6.45, 7) is 5.01. The first kappa shape index (κ1) is 35.8. The minimum absolute atomic E-state index is 0.193. The van der Waals surface area contributed by atoms with Gasteiger partial charge in [-0.15, -0.1) is 0 Å². The molecule has 12 heteroatoms. The molecule has 0 radical (unpaired) electrons. The Hall–Kier alpha value is -5.46. The van der Waals surface area contributed by atoms with E-state index in [9.17, 15) is 22.2 Å². The van der Waals surface area contributed by atoms with Crippen LogP contribution in [0.25, 0.3) is 22.3 Å². The van der Waals surface area contributed by atoms with Gasteiger partial charge in [-0.1, -0.05) is 80.6 Å². The molecule has 50 heavy (non-hydrogen) atoms. The van der Waals surface area contributed by atoms with Crippen LogP contribution in [0.5, 0.6) is 5.88 Å². The third kappa shape index (κ3) is 9.58. The van der Waals surface area contributed by atoms with E-state index in [2.05, 4.69) is 39.7 Å². The summed E-state index contributed by atoms with van der Waals surface area (Å²) in [5.74, 6) is 0.109. The highest BCUT2D eigenvalue weighted by Crippen LogP contribution is 2.39. The Morgan fingerprint density at radius 3 is 2.40 bits per heavy atom. The molecule has 258 valence electrons. The normalized spacial score (nSPS) is 11.8. The van der Waals surface area contributed by atoms with E-state index < -0.39 is 10.1 Å². The van der Waals surface area contributed by atoms with Gasteiger partial charge in [0.1, 0.15) is 16.5 Å². The lowest BCUT2D eigenvalue weighted by Crippen LogP contribution is -2.34. The molecule has 1 amide bonds. The van der Waals surface area contributed by atoms with Crippen molar-refractivity contribution in [2.75, 3.05) is 18.6 Å². The highest BCUT2D eigenvalue weighted by molar-refractivity contribution is 7.86. The molecular formula is C38H38FN5O5S. The maximum absolute atomic E-state index is 15.0. The smallest absolute Gasteiger partial charge is 0.295 e. The molecule has 2 heterocycles. The summed E-state index contributed by atoms with van der Waals surface area (Å²) in [5.41, 5.74) is 5.89. The number of anilines is 1. The summed E-state index contributed by atoms with van der Waals surface area (Å²) < 4.78 is 53.6. The van der Waals surface area contributed by atoms with Crippen LogP contribution < -0.4 is 15.5 Å². The molecule has 0 aliphatic rings. The number of unbranched alkanes of at least 4 members (excludes halogenated alkanes) is 1. The first-order valence-corrected chi connectivity index (χ1v) is 17.5. The number of carbonyl (C=O) groups is 1. The number of carbonyl (C=O) groups excluding carboxylic acids is 1. The van der Waals surface area contributed by atoms with Crippen molar-refractivity contribution in [2.24, 2.45) is 10.5 Å². The van der Waals surface area contributed by atoms with Crippen LogP contribution in [0.2, 0.25) is 0 Å². The van der Waals surface area contributed by atoms with Gasteiger partial charge in [0.15, 0.2) is 0 Å². The lowest BCUT2D eigenvalue weighted by Gasteiger charge is -2.25. The average molecular weight is 696 g/mol. The number of hydrogen-bond donors (Lipinski definition) is 3. The molecule has 0 saturated heterocycles. The molecule has 2 aromatic heterocycles. The number of hydrazone groups is 1. The second-order valence-corrected chi connectivity index (χ2v) is 13.7. The number of amides is 1. The monoisotopic (exact) mass is 695 g/mol. The lowest BCUT2D eigenvalue weighted by atomic mass is 9.87. The van der Waals surface area contributed by atoms with Crippen molar-refractivity contribution in [1.82, 2.24) is 15.3 Å². The molecule has 5 aromatic rings. The lowest BCUT2D eigenvalue weighted by molar-refractivity contribution is 0.0933. The van der Waals surface area contributed by atoms with Crippen LogP contribution in [-0.2, 0) is 10.1 Å². The van der Waals surface area contributed by atoms with Gasteiger partial charge in [0.05, 0.1) is 23.9 Å². The van der Waals surface area contributed by atoms with Crippen molar-refractivity contribution in [3.05, 3.63) is 126 Å². The predicted octanol–water partition coefficient (Wildman–Crippen LogP) is 7.65. The highest BCUT2D eigenvalue weighted by Gasteiger charge is 2.21. The van der Waals surface area contributed by atoms with E-state index >= 15 is 0 Å². The Balaban J connectivity index is 1.10. The molecule has 0 saturated carbocycles. The highest BCUT2D eigenvalue weighted by atomic mass is 32.2. The van der Waals surface area contributed by atoms with Crippen molar-refractivity contribution in [2.45, 2.75) is 38.0 Å². The van der Waals surface area contributed by atoms with Gasteiger partial charge in [-0.25, -0.2) is 14.4 Å². The number of rotatable bonds is 15. The second kappa shape index (κ2) is 16.3. The molecule has 0 bridgehead atoms. The van der Waals surface area contributed by atoms with E-state index in [4.69, 9.17) is 4.74 Å². The van der Waals surface area contributed by atoms with Crippen molar-refractivity contribution < 1.29 is 26.9 Å². The first-order valence-electron chi connectivity index (χ1n) is 16.0. The van der Waals surface area contributed by atoms with Crippen molar-refractivity contribution >= 4 is 28.1 Å². The van der Waals surface area contributed by atoms with E-state index in [1.807, 2.05) is 36.4 Å². The molecule has 0 aliphatic heterocycles. The zero-order chi connectivity index (χ0) is 35.6. The molecule has 0 atom stereocenters. The third-order valence-electron chi connectivity index (χ3n) is 7.96. The molecule has 3 N–H and O–H groups in total. The van der Waals surface area contributed by atoms with Crippen LogP contribution >= 0.6 is 0 Å². The standard InChI is InChI=1S/C38H38FN5O5S/c1-38(2,26-42-36(45)29-18-19-34(41-24-29)44-43-25-28-14-6-9-17-33(28)50(46,47)48)21-10-11-23-49-37-35(31-15-7-8-16-32(31)39)30(20-22-40-37)27-12-4-3-5-13-27/h3-9,12-20,22,24-25H,10-11,21,23,26H2,1-2H3,(H,41,44)(H,42,45)(H,46,47,48). The van der Waals surface area contributed by atoms with Gasteiger partial charge in [-0.3, -0.25) is 14.8 Å². The minimum Gasteiger partial charge on any atom is -0.477 e. The van der Waals surface area contributed by atoms with Crippen LogP contribution in [0, 0.1) is 11.2 Å². The number of nitrogens with zero attached hydrogens (tertiary/aromatic N) is 3. The number of halogens is 1. The fourth-order valence-electron chi connectivity index (χ4n) is 5.30. The summed E-state index contributed by atoms with van der Waals surface area (Å²) >= 11 is 0. The number of ether oxygens (including phenoxy) is 1. The summed E-state index contributed by atoms with van der Waals surface area (Å²) in [7, 11) is -4.40. The number of benzene rings is 3. The van der Waals surface area contributed by atoms with Gasteiger partial charge in [0.2, 0.25) is 5.88 Å². The summed E-state index contributed by atoms with van der Waals surface area (Å²) in [6, 6.07) is 27.3. The largest absolute Gasteiger partial charge is 0.477 e. The van der Waals surface area contributed by atoms with Gasteiger partial charge in [0, 0.05) is 30.1 Å². The molecule has 0 spiro atoms. The SMILES string of the molecule is CC(C)(CCCCOc1nccc(-c2ccccc2)c1-c1ccccc1F)CNC(=O)c1ccc(NN=Cc2ccccc2S(=O)(=O)O)nc1. The maximum atomic E-state index is 15.0. The molecule has 0 unspecified atom stereocenters.